The Balaban J connectivity index is 2.33. The van der Waals surface area contributed by atoms with Crippen molar-refractivity contribution in [3.8, 4) is 5.75 Å². The maximum atomic E-state index is 13.2. The first-order chi connectivity index (χ1) is 8.61. The first-order valence-corrected chi connectivity index (χ1v) is 5.39. The zero-order valence-electron chi connectivity index (χ0n) is 9.73. The van der Waals surface area contributed by atoms with Crippen LogP contribution in [0.4, 0.5) is 8.78 Å². The van der Waals surface area contributed by atoms with Crippen molar-refractivity contribution in [2.75, 3.05) is 7.11 Å². The van der Waals surface area contributed by atoms with Crippen molar-refractivity contribution in [1.82, 2.24) is 0 Å². The molecule has 2 aromatic rings. The maximum absolute atomic E-state index is 13.2. The lowest BCUT2D eigenvalue weighted by Gasteiger charge is -2.13. The summed E-state index contributed by atoms with van der Waals surface area (Å²) in [6.07, 6.45) is -0.944. The molecule has 1 atom stereocenters. The van der Waals surface area contributed by atoms with Crippen molar-refractivity contribution in [3.05, 3.63) is 65.2 Å². The standard InChI is InChI=1S/C14H12F2O2/c1-18-13-8-10(4-7-12(13)16)14(17)9-2-5-11(15)6-3-9/h2-8,14,17H,1H3. The van der Waals surface area contributed by atoms with E-state index in [0.717, 1.165) is 0 Å². The van der Waals surface area contributed by atoms with E-state index in [1.807, 2.05) is 0 Å². The summed E-state index contributed by atoms with van der Waals surface area (Å²) in [7, 11) is 1.35. The minimum atomic E-state index is -0.944. The van der Waals surface area contributed by atoms with E-state index >= 15 is 0 Å². The number of hydrogen-bond acceptors (Lipinski definition) is 2. The van der Waals surface area contributed by atoms with Gasteiger partial charge in [-0.15, -0.1) is 0 Å². The van der Waals surface area contributed by atoms with E-state index in [1.165, 1.54) is 49.6 Å². The molecule has 1 unspecified atom stereocenters. The van der Waals surface area contributed by atoms with Crippen LogP contribution in [0.5, 0.6) is 5.75 Å². The molecule has 4 heteroatoms. The van der Waals surface area contributed by atoms with E-state index in [9.17, 15) is 13.9 Å². The zero-order valence-corrected chi connectivity index (χ0v) is 9.73. The van der Waals surface area contributed by atoms with Gasteiger partial charge in [-0.3, -0.25) is 0 Å². The third-order valence-corrected chi connectivity index (χ3v) is 2.68. The largest absolute Gasteiger partial charge is 0.494 e. The van der Waals surface area contributed by atoms with Crippen molar-refractivity contribution >= 4 is 0 Å². The molecule has 0 bridgehead atoms. The van der Waals surface area contributed by atoms with E-state index in [4.69, 9.17) is 4.74 Å². The molecule has 0 saturated heterocycles. The van der Waals surface area contributed by atoms with Crippen LogP contribution in [0.15, 0.2) is 42.5 Å². The summed E-state index contributed by atoms with van der Waals surface area (Å²) in [6.45, 7) is 0. The highest BCUT2D eigenvalue weighted by molar-refractivity contribution is 5.36. The number of aliphatic hydroxyl groups excluding tert-OH is 1. The second-order valence-electron chi connectivity index (χ2n) is 3.85. The topological polar surface area (TPSA) is 29.5 Å². The van der Waals surface area contributed by atoms with E-state index in [0.29, 0.717) is 11.1 Å². The SMILES string of the molecule is COc1cc(C(O)c2ccc(F)cc2)ccc1F. The minimum absolute atomic E-state index is 0.0636. The average Bonchev–Trinajstić information content (AvgIpc) is 2.39. The van der Waals surface area contributed by atoms with Crippen LogP contribution in [-0.2, 0) is 0 Å². The van der Waals surface area contributed by atoms with Gasteiger partial charge in [0, 0.05) is 0 Å². The number of hydrogen-bond donors (Lipinski definition) is 1. The lowest BCUT2D eigenvalue weighted by atomic mass is 10.0. The summed E-state index contributed by atoms with van der Waals surface area (Å²) in [4.78, 5) is 0. The molecule has 18 heavy (non-hydrogen) atoms. The van der Waals surface area contributed by atoms with E-state index < -0.39 is 11.9 Å². The molecule has 0 aromatic heterocycles. The highest BCUT2D eigenvalue weighted by atomic mass is 19.1. The Bertz CT molecular complexity index is 538. The van der Waals surface area contributed by atoms with Gasteiger partial charge in [-0.05, 0) is 35.4 Å². The van der Waals surface area contributed by atoms with Gasteiger partial charge in [-0.2, -0.15) is 0 Å². The number of ether oxygens (including phenoxy) is 1. The quantitative estimate of drug-likeness (QED) is 0.907. The second-order valence-corrected chi connectivity index (χ2v) is 3.85. The average molecular weight is 250 g/mol. The molecule has 0 aliphatic heterocycles. The van der Waals surface area contributed by atoms with Crippen LogP contribution in [0.1, 0.15) is 17.2 Å². The number of benzene rings is 2. The number of halogens is 2. The predicted octanol–water partition coefficient (Wildman–Crippen LogP) is 3.06. The maximum Gasteiger partial charge on any atom is 0.165 e. The molecule has 0 spiro atoms. The molecule has 0 amide bonds. The number of methoxy groups -OCH3 is 1. The Labute approximate surface area is 103 Å². The second kappa shape index (κ2) is 5.14. The monoisotopic (exact) mass is 250 g/mol. The number of rotatable bonds is 3. The predicted molar refractivity (Wildman–Crippen MR) is 63.4 cm³/mol. The normalized spacial score (nSPS) is 12.2. The smallest absolute Gasteiger partial charge is 0.165 e. The molecule has 0 heterocycles. The molecule has 2 aromatic carbocycles. The summed E-state index contributed by atoms with van der Waals surface area (Å²) < 4.78 is 30.9. The van der Waals surface area contributed by atoms with Crippen LogP contribution in [-0.4, -0.2) is 12.2 Å². The Morgan fingerprint density at radius 2 is 1.61 bits per heavy atom. The third-order valence-electron chi connectivity index (χ3n) is 2.68. The lowest BCUT2D eigenvalue weighted by Crippen LogP contribution is -2.01. The Hall–Kier alpha value is -1.94. The van der Waals surface area contributed by atoms with Gasteiger partial charge in [0.1, 0.15) is 11.9 Å². The Morgan fingerprint density at radius 1 is 1.00 bits per heavy atom. The Morgan fingerprint density at radius 3 is 2.22 bits per heavy atom. The van der Waals surface area contributed by atoms with E-state index in [2.05, 4.69) is 0 Å². The fourth-order valence-electron chi connectivity index (χ4n) is 1.68. The van der Waals surface area contributed by atoms with E-state index in [1.54, 1.807) is 0 Å². The van der Waals surface area contributed by atoms with Gasteiger partial charge in [0.2, 0.25) is 0 Å². The van der Waals surface area contributed by atoms with Gasteiger partial charge in [-0.1, -0.05) is 18.2 Å². The molecular formula is C14H12F2O2. The summed E-state index contributed by atoms with van der Waals surface area (Å²) in [5.74, 6) is -0.802. The molecule has 0 radical (unpaired) electrons. The zero-order chi connectivity index (χ0) is 13.1. The highest BCUT2D eigenvalue weighted by Gasteiger charge is 2.13. The van der Waals surface area contributed by atoms with Gasteiger partial charge in [0.15, 0.2) is 11.6 Å². The molecule has 0 saturated carbocycles. The minimum Gasteiger partial charge on any atom is -0.494 e. The van der Waals surface area contributed by atoms with Crippen LogP contribution in [0, 0.1) is 11.6 Å². The van der Waals surface area contributed by atoms with Gasteiger partial charge < -0.3 is 9.84 Å². The highest BCUT2D eigenvalue weighted by Crippen LogP contribution is 2.26. The molecule has 0 aliphatic rings. The van der Waals surface area contributed by atoms with Crippen LogP contribution < -0.4 is 4.74 Å². The summed E-state index contributed by atoms with van der Waals surface area (Å²) in [5, 5.41) is 10.1. The van der Waals surface area contributed by atoms with Crippen LogP contribution >= 0.6 is 0 Å². The van der Waals surface area contributed by atoms with Crippen molar-refractivity contribution in [2.24, 2.45) is 0 Å². The molecule has 2 rings (SSSR count). The van der Waals surface area contributed by atoms with Crippen molar-refractivity contribution < 1.29 is 18.6 Å². The fourth-order valence-corrected chi connectivity index (χ4v) is 1.68. The molecule has 0 aliphatic carbocycles. The van der Waals surface area contributed by atoms with E-state index in [-0.39, 0.29) is 11.6 Å². The van der Waals surface area contributed by atoms with Crippen LogP contribution in [0.2, 0.25) is 0 Å². The third kappa shape index (κ3) is 2.49. The van der Waals surface area contributed by atoms with Crippen molar-refractivity contribution in [1.29, 1.82) is 0 Å². The van der Waals surface area contributed by atoms with Crippen LogP contribution in [0.3, 0.4) is 0 Å². The molecule has 1 N–H and O–H groups in total. The Kier molecular flexibility index (Phi) is 3.58. The van der Waals surface area contributed by atoms with Gasteiger partial charge in [0.05, 0.1) is 7.11 Å². The molecule has 2 nitrogen and oxygen atoms in total. The molecule has 0 fully saturated rings. The summed E-state index contributed by atoms with van der Waals surface area (Å²) >= 11 is 0. The first kappa shape index (κ1) is 12.5. The molecule has 94 valence electrons. The van der Waals surface area contributed by atoms with Gasteiger partial charge >= 0.3 is 0 Å². The first-order valence-electron chi connectivity index (χ1n) is 5.39. The fraction of sp³-hybridized carbons (Fsp3) is 0.143. The molecular weight excluding hydrogens is 238 g/mol. The van der Waals surface area contributed by atoms with Crippen molar-refractivity contribution in [2.45, 2.75) is 6.10 Å². The number of aliphatic hydroxyl groups is 1. The summed E-state index contributed by atoms with van der Waals surface area (Å²) in [5.41, 5.74) is 1.02. The van der Waals surface area contributed by atoms with Gasteiger partial charge in [-0.25, -0.2) is 8.78 Å². The van der Waals surface area contributed by atoms with Gasteiger partial charge in [0.25, 0.3) is 0 Å². The van der Waals surface area contributed by atoms with Crippen molar-refractivity contribution in [3.63, 3.8) is 0 Å². The van der Waals surface area contributed by atoms with Crippen LogP contribution in [0.25, 0.3) is 0 Å². The summed E-state index contributed by atoms with van der Waals surface area (Å²) in [6, 6.07) is 9.60. The lowest BCUT2D eigenvalue weighted by molar-refractivity contribution is 0.219.